The van der Waals surface area contributed by atoms with Crippen molar-refractivity contribution in [2.75, 3.05) is 6.61 Å². The Kier molecular flexibility index (Phi) is 7.45. The number of rotatable bonds is 7. The second-order valence-corrected chi connectivity index (χ2v) is 7.41. The molecule has 1 aliphatic rings. The summed E-state index contributed by atoms with van der Waals surface area (Å²) >= 11 is 0. The molecule has 0 aromatic heterocycles. The van der Waals surface area contributed by atoms with Crippen molar-refractivity contribution >= 4 is 0 Å². The first-order chi connectivity index (χ1) is 9.86. The maximum absolute atomic E-state index is 8.85. The van der Waals surface area contributed by atoms with Crippen LogP contribution < -0.4 is 0 Å². The molecule has 0 aliphatic heterocycles. The topological polar surface area (TPSA) is 20.2 Å². The Hall–Kier alpha value is -0.820. The van der Waals surface area contributed by atoms with Gasteiger partial charge in [0, 0.05) is 0 Å². The third-order valence-electron chi connectivity index (χ3n) is 5.05. The summed E-state index contributed by atoms with van der Waals surface area (Å²) < 4.78 is 0. The van der Waals surface area contributed by atoms with Crippen molar-refractivity contribution in [1.29, 1.82) is 0 Å². The number of aliphatic hydroxyl groups is 1. The van der Waals surface area contributed by atoms with Gasteiger partial charge in [-0.3, -0.25) is 0 Å². The van der Waals surface area contributed by atoms with E-state index >= 15 is 0 Å². The zero-order chi connectivity index (χ0) is 15.9. The average Bonchev–Trinajstić information content (AvgIpc) is 2.37. The van der Waals surface area contributed by atoms with Crippen molar-refractivity contribution in [2.24, 2.45) is 11.3 Å². The Morgan fingerprint density at radius 2 is 1.90 bits per heavy atom. The van der Waals surface area contributed by atoms with Crippen molar-refractivity contribution < 1.29 is 5.11 Å². The van der Waals surface area contributed by atoms with Crippen LogP contribution in [0, 0.1) is 11.3 Å². The van der Waals surface area contributed by atoms with Gasteiger partial charge in [-0.15, -0.1) is 0 Å². The molecule has 1 saturated carbocycles. The van der Waals surface area contributed by atoms with Crippen molar-refractivity contribution in [2.45, 2.75) is 72.6 Å². The first-order valence-electron chi connectivity index (χ1n) is 8.46. The van der Waals surface area contributed by atoms with E-state index in [2.05, 4.69) is 40.3 Å². The zero-order valence-corrected chi connectivity index (χ0v) is 14.5. The van der Waals surface area contributed by atoms with Gasteiger partial charge in [-0.1, -0.05) is 49.3 Å². The fourth-order valence-corrected chi connectivity index (χ4v) is 3.55. The molecule has 0 aromatic carbocycles. The molecule has 120 valence electrons. The quantitative estimate of drug-likeness (QED) is 0.586. The largest absolute Gasteiger partial charge is 0.392 e. The van der Waals surface area contributed by atoms with Crippen LogP contribution in [0.3, 0.4) is 0 Å². The van der Waals surface area contributed by atoms with Gasteiger partial charge < -0.3 is 5.11 Å². The van der Waals surface area contributed by atoms with Gasteiger partial charge in [0.25, 0.3) is 0 Å². The van der Waals surface area contributed by atoms with Gasteiger partial charge in [0.1, 0.15) is 0 Å². The number of hydrogen-bond donors (Lipinski definition) is 1. The van der Waals surface area contributed by atoms with Gasteiger partial charge in [-0.05, 0) is 70.1 Å². The van der Waals surface area contributed by atoms with Gasteiger partial charge in [0.2, 0.25) is 0 Å². The van der Waals surface area contributed by atoms with E-state index in [4.69, 9.17) is 5.11 Å². The van der Waals surface area contributed by atoms with Crippen molar-refractivity contribution in [3.8, 4) is 0 Å². The van der Waals surface area contributed by atoms with Crippen LogP contribution in [0.2, 0.25) is 0 Å². The van der Waals surface area contributed by atoms with Crippen LogP contribution in [0.1, 0.15) is 72.6 Å². The lowest BCUT2D eigenvalue weighted by molar-refractivity contribution is 0.180. The fraction of sp³-hybridized carbons (Fsp3) is 0.700. The van der Waals surface area contributed by atoms with Gasteiger partial charge in [0.05, 0.1) is 6.61 Å². The lowest BCUT2D eigenvalue weighted by Gasteiger charge is -2.40. The summed E-state index contributed by atoms with van der Waals surface area (Å²) in [7, 11) is 0. The Morgan fingerprint density at radius 3 is 2.52 bits per heavy atom. The molecule has 1 rings (SSSR count). The molecule has 1 heteroatoms. The SMILES string of the molecule is C=C1CCCC(C)(C)C1CC/C(C)=C/CC/C(C)=C/CO. The second-order valence-electron chi connectivity index (χ2n) is 7.41. The van der Waals surface area contributed by atoms with Gasteiger partial charge >= 0.3 is 0 Å². The summed E-state index contributed by atoms with van der Waals surface area (Å²) in [5.74, 6) is 0.686. The molecule has 1 atom stereocenters. The van der Waals surface area contributed by atoms with Crippen LogP contribution in [-0.4, -0.2) is 11.7 Å². The first-order valence-corrected chi connectivity index (χ1v) is 8.46. The maximum atomic E-state index is 8.85. The summed E-state index contributed by atoms with van der Waals surface area (Å²) in [6.07, 6.45) is 12.7. The smallest absolute Gasteiger partial charge is 0.0614 e. The molecule has 1 N–H and O–H groups in total. The number of hydrogen-bond acceptors (Lipinski definition) is 1. The predicted molar refractivity (Wildman–Crippen MR) is 93.3 cm³/mol. The van der Waals surface area contributed by atoms with Crippen molar-refractivity contribution in [1.82, 2.24) is 0 Å². The third kappa shape index (κ3) is 6.22. The van der Waals surface area contributed by atoms with E-state index < -0.39 is 0 Å². The lowest BCUT2D eigenvalue weighted by Crippen LogP contribution is -2.29. The van der Waals surface area contributed by atoms with Crippen molar-refractivity contribution in [3.05, 3.63) is 35.5 Å². The van der Waals surface area contributed by atoms with Crippen LogP contribution in [-0.2, 0) is 0 Å². The first kappa shape index (κ1) is 18.2. The molecule has 21 heavy (non-hydrogen) atoms. The molecule has 0 aromatic rings. The van der Waals surface area contributed by atoms with Crippen LogP contribution in [0.15, 0.2) is 35.5 Å². The molecular weight excluding hydrogens is 256 g/mol. The minimum atomic E-state index is 0.160. The minimum absolute atomic E-state index is 0.160. The van der Waals surface area contributed by atoms with E-state index in [1.165, 1.54) is 48.8 Å². The predicted octanol–water partition coefficient (Wildman–Crippen LogP) is 5.81. The molecule has 0 amide bonds. The van der Waals surface area contributed by atoms with E-state index in [-0.39, 0.29) is 6.61 Å². The van der Waals surface area contributed by atoms with Crippen LogP contribution in [0.4, 0.5) is 0 Å². The highest BCUT2D eigenvalue weighted by atomic mass is 16.2. The summed E-state index contributed by atoms with van der Waals surface area (Å²) in [5, 5.41) is 8.85. The van der Waals surface area contributed by atoms with E-state index in [1.807, 2.05) is 6.08 Å². The third-order valence-corrected chi connectivity index (χ3v) is 5.05. The standard InChI is InChI=1S/C20H34O/c1-16(8-6-9-17(2)13-15-21)11-12-19-18(3)10-7-14-20(19,4)5/h8,13,19,21H,3,6-7,9-12,14-15H2,1-2,4-5H3/b16-8+,17-13+. The zero-order valence-electron chi connectivity index (χ0n) is 14.5. The van der Waals surface area contributed by atoms with Gasteiger partial charge in [-0.25, -0.2) is 0 Å². The fourth-order valence-electron chi connectivity index (χ4n) is 3.55. The van der Waals surface area contributed by atoms with Crippen molar-refractivity contribution in [3.63, 3.8) is 0 Å². The van der Waals surface area contributed by atoms with Gasteiger partial charge in [0.15, 0.2) is 0 Å². The molecule has 0 heterocycles. The highest BCUT2D eigenvalue weighted by molar-refractivity contribution is 5.11. The average molecular weight is 290 g/mol. The molecule has 0 radical (unpaired) electrons. The lowest BCUT2D eigenvalue weighted by atomic mass is 9.65. The van der Waals surface area contributed by atoms with E-state index in [0.29, 0.717) is 11.3 Å². The Morgan fingerprint density at radius 1 is 1.24 bits per heavy atom. The Balaban J connectivity index is 2.42. The molecule has 1 nitrogen and oxygen atoms in total. The molecule has 1 aliphatic carbocycles. The summed E-state index contributed by atoms with van der Waals surface area (Å²) in [5.41, 5.74) is 4.68. The van der Waals surface area contributed by atoms with Gasteiger partial charge in [-0.2, -0.15) is 0 Å². The Bertz CT molecular complexity index is 398. The molecule has 1 fully saturated rings. The Labute approximate surface area is 131 Å². The second kappa shape index (κ2) is 8.58. The normalized spacial score (nSPS) is 23.5. The van der Waals surface area contributed by atoms with Crippen LogP contribution >= 0.6 is 0 Å². The molecular formula is C20H34O. The summed E-state index contributed by atoms with van der Waals surface area (Å²) in [6.45, 7) is 13.6. The monoisotopic (exact) mass is 290 g/mol. The summed E-state index contributed by atoms with van der Waals surface area (Å²) in [4.78, 5) is 0. The minimum Gasteiger partial charge on any atom is -0.392 e. The molecule has 1 unspecified atom stereocenters. The van der Waals surface area contributed by atoms with E-state index in [9.17, 15) is 0 Å². The van der Waals surface area contributed by atoms with E-state index in [1.54, 1.807) is 0 Å². The molecule has 0 bridgehead atoms. The number of allylic oxidation sites excluding steroid dienone is 4. The maximum Gasteiger partial charge on any atom is 0.0614 e. The van der Waals surface area contributed by atoms with E-state index in [0.717, 1.165) is 12.8 Å². The highest BCUT2D eigenvalue weighted by Gasteiger charge is 2.33. The highest BCUT2D eigenvalue weighted by Crippen LogP contribution is 2.45. The summed E-state index contributed by atoms with van der Waals surface area (Å²) in [6, 6.07) is 0. The number of aliphatic hydroxyl groups excluding tert-OH is 1. The molecule has 0 saturated heterocycles. The van der Waals surface area contributed by atoms with Crippen LogP contribution in [0.25, 0.3) is 0 Å². The molecule has 0 spiro atoms. The van der Waals surface area contributed by atoms with Crippen LogP contribution in [0.5, 0.6) is 0 Å².